The van der Waals surface area contributed by atoms with Gasteiger partial charge in [0, 0.05) is 17.8 Å². The van der Waals surface area contributed by atoms with Crippen LogP contribution in [0.15, 0.2) is 12.1 Å². The second kappa shape index (κ2) is 7.98. The van der Waals surface area contributed by atoms with Gasteiger partial charge in [-0.1, -0.05) is 34.6 Å². The predicted octanol–water partition coefficient (Wildman–Crippen LogP) is 2.59. The van der Waals surface area contributed by atoms with Crippen LogP contribution in [0.5, 0.6) is 0 Å². The Morgan fingerprint density at radius 2 is 1.86 bits per heavy atom. The Morgan fingerprint density at radius 3 is 2.33 bits per heavy atom. The summed E-state index contributed by atoms with van der Waals surface area (Å²) in [6, 6.07) is 3.49. The Bertz CT molecular complexity index is 441. The lowest BCUT2D eigenvalue weighted by Crippen LogP contribution is -2.34. The van der Waals surface area contributed by atoms with Crippen molar-refractivity contribution in [1.82, 2.24) is 10.3 Å². The zero-order valence-electron chi connectivity index (χ0n) is 13.7. The van der Waals surface area contributed by atoms with Gasteiger partial charge in [0.2, 0.25) is 0 Å². The van der Waals surface area contributed by atoms with Crippen LogP contribution in [-0.2, 0) is 6.42 Å². The van der Waals surface area contributed by atoms with Crippen molar-refractivity contribution in [2.75, 3.05) is 12.0 Å². The molecule has 118 valence electrons. The van der Waals surface area contributed by atoms with Crippen LogP contribution in [0.3, 0.4) is 0 Å². The molecule has 0 aromatic carbocycles. The molecule has 0 bridgehead atoms. The lowest BCUT2D eigenvalue weighted by molar-refractivity contribution is 0.0937. The van der Waals surface area contributed by atoms with Gasteiger partial charge in [-0.15, -0.1) is 0 Å². The summed E-state index contributed by atoms with van der Waals surface area (Å²) in [4.78, 5) is 16.6. The molecule has 1 rings (SSSR count). The summed E-state index contributed by atoms with van der Waals surface area (Å²) in [5, 5.41) is 3.03. The Balaban J connectivity index is 2.79. The van der Waals surface area contributed by atoms with Crippen molar-refractivity contribution in [1.29, 1.82) is 0 Å². The number of aromatic nitrogens is 1. The number of nitrogens with one attached hydrogen (secondary N) is 2. The molecule has 1 aromatic rings. The zero-order valence-corrected chi connectivity index (χ0v) is 13.7. The highest BCUT2D eigenvalue weighted by Crippen LogP contribution is 2.19. The third-order valence-electron chi connectivity index (χ3n) is 3.86. The van der Waals surface area contributed by atoms with E-state index in [1.54, 1.807) is 6.07 Å². The molecule has 0 unspecified atom stereocenters. The Hall–Kier alpha value is -1.62. The lowest BCUT2D eigenvalue weighted by Gasteiger charge is -2.25. The highest BCUT2D eigenvalue weighted by Gasteiger charge is 2.19. The molecule has 0 fully saturated rings. The number of pyridine rings is 1. The van der Waals surface area contributed by atoms with Crippen molar-refractivity contribution in [3.63, 3.8) is 0 Å². The van der Waals surface area contributed by atoms with Crippen LogP contribution in [0, 0.1) is 17.8 Å². The van der Waals surface area contributed by atoms with Gasteiger partial charge >= 0.3 is 0 Å². The van der Waals surface area contributed by atoms with Gasteiger partial charge in [-0.2, -0.15) is 0 Å². The number of aryl methyl sites for hydroxylation is 1. The molecule has 0 atom stereocenters. The van der Waals surface area contributed by atoms with Gasteiger partial charge in [0.15, 0.2) is 0 Å². The number of carbonyl (C=O) groups excluding carboxylic acids is 1. The largest absolute Gasteiger partial charge is 0.352 e. The van der Waals surface area contributed by atoms with Gasteiger partial charge in [-0.25, -0.2) is 10.8 Å². The van der Waals surface area contributed by atoms with Gasteiger partial charge in [-0.3, -0.25) is 4.79 Å². The highest BCUT2D eigenvalue weighted by molar-refractivity contribution is 5.95. The second-order valence-corrected chi connectivity index (χ2v) is 6.09. The number of amides is 1. The van der Waals surface area contributed by atoms with Crippen molar-refractivity contribution < 1.29 is 4.79 Å². The van der Waals surface area contributed by atoms with Gasteiger partial charge in [0.25, 0.3) is 5.91 Å². The number of rotatable bonds is 7. The molecule has 1 amide bonds. The first kappa shape index (κ1) is 17.4. The maximum Gasteiger partial charge on any atom is 0.251 e. The standard InChI is InChI=1S/C16H28N4O/c1-6-13-7-12(8-15(19-13)20-17)16(21)18-9-14(10(2)3)11(4)5/h7-8,10-11,14H,6,9,17H2,1-5H3,(H,18,21)(H,19,20). The third kappa shape index (κ3) is 5.01. The second-order valence-electron chi connectivity index (χ2n) is 6.09. The van der Waals surface area contributed by atoms with Crippen LogP contribution in [0.2, 0.25) is 0 Å². The van der Waals surface area contributed by atoms with Crippen molar-refractivity contribution in [2.45, 2.75) is 41.0 Å². The molecule has 5 heteroatoms. The molecule has 0 radical (unpaired) electrons. The normalized spacial score (nSPS) is 11.3. The molecular formula is C16H28N4O. The maximum absolute atomic E-state index is 12.3. The summed E-state index contributed by atoms with van der Waals surface area (Å²) in [5.74, 6) is 7.38. The first-order valence-corrected chi connectivity index (χ1v) is 7.64. The molecule has 0 aliphatic heterocycles. The van der Waals surface area contributed by atoms with E-state index in [0.29, 0.717) is 35.7 Å². The molecule has 0 spiro atoms. The maximum atomic E-state index is 12.3. The van der Waals surface area contributed by atoms with E-state index in [1.807, 2.05) is 13.0 Å². The van der Waals surface area contributed by atoms with Gasteiger partial charge in [0.05, 0.1) is 0 Å². The number of hydrogen-bond donors (Lipinski definition) is 3. The molecule has 1 heterocycles. The van der Waals surface area contributed by atoms with Crippen molar-refractivity contribution in [3.05, 3.63) is 23.4 Å². The van der Waals surface area contributed by atoms with E-state index in [4.69, 9.17) is 5.84 Å². The zero-order chi connectivity index (χ0) is 16.0. The lowest BCUT2D eigenvalue weighted by atomic mass is 9.85. The number of hydrogen-bond acceptors (Lipinski definition) is 4. The average molecular weight is 292 g/mol. The molecule has 21 heavy (non-hydrogen) atoms. The molecule has 4 N–H and O–H groups in total. The molecule has 0 saturated heterocycles. The molecule has 0 aliphatic carbocycles. The van der Waals surface area contributed by atoms with Gasteiger partial charge in [0.1, 0.15) is 5.82 Å². The average Bonchev–Trinajstić information content (AvgIpc) is 2.45. The first-order valence-electron chi connectivity index (χ1n) is 7.64. The van der Waals surface area contributed by atoms with E-state index in [0.717, 1.165) is 12.1 Å². The SMILES string of the molecule is CCc1cc(C(=O)NCC(C(C)C)C(C)C)cc(NN)n1. The molecule has 1 aromatic heterocycles. The van der Waals surface area contributed by atoms with E-state index in [9.17, 15) is 4.79 Å². The van der Waals surface area contributed by atoms with Gasteiger partial charge in [-0.05, 0) is 36.3 Å². The van der Waals surface area contributed by atoms with Crippen LogP contribution in [0.25, 0.3) is 0 Å². The van der Waals surface area contributed by atoms with Crippen molar-refractivity contribution in [3.8, 4) is 0 Å². The van der Waals surface area contributed by atoms with Crippen molar-refractivity contribution in [2.24, 2.45) is 23.6 Å². The highest BCUT2D eigenvalue weighted by atomic mass is 16.1. The molecular weight excluding hydrogens is 264 g/mol. The monoisotopic (exact) mass is 292 g/mol. The van der Waals surface area contributed by atoms with Crippen LogP contribution in [0.4, 0.5) is 5.82 Å². The summed E-state index contributed by atoms with van der Waals surface area (Å²) >= 11 is 0. The van der Waals surface area contributed by atoms with Gasteiger partial charge < -0.3 is 10.7 Å². The summed E-state index contributed by atoms with van der Waals surface area (Å²) in [5.41, 5.74) is 3.95. The van der Waals surface area contributed by atoms with Crippen LogP contribution >= 0.6 is 0 Å². The number of nitrogens with two attached hydrogens (primary N) is 1. The number of nitrogen functional groups attached to an aromatic ring is 1. The van der Waals surface area contributed by atoms with E-state index >= 15 is 0 Å². The quantitative estimate of drug-likeness (QED) is 0.533. The third-order valence-corrected chi connectivity index (χ3v) is 3.86. The minimum atomic E-state index is -0.0742. The van der Waals surface area contributed by atoms with E-state index in [-0.39, 0.29) is 5.91 Å². The van der Waals surface area contributed by atoms with Crippen molar-refractivity contribution >= 4 is 11.7 Å². The fraction of sp³-hybridized carbons (Fsp3) is 0.625. The summed E-state index contributed by atoms with van der Waals surface area (Å²) < 4.78 is 0. The summed E-state index contributed by atoms with van der Waals surface area (Å²) in [6.07, 6.45) is 0.760. The predicted molar refractivity (Wildman–Crippen MR) is 86.9 cm³/mol. The number of nitrogens with zero attached hydrogens (tertiary/aromatic N) is 1. The smallest absolute Gasteiger partial charge is 0.251 e. The van der Waals surface area contributed by atoms with E-state index < -0.39 is 0 Å². The van der Waals surface area contributed by atoms with Crippen LogP contribution in [0.1, 0.15) is 50.7 Å². The minimum absolute atomic E-state index is 0.0742. The number of hydrazine groups is 1. The summed E-state index contributed by atoms with van der Waals surface area (Å²) in [7, 11) is 0. The minimum Gasteiger partial charge on any atom is -0.352 e. The van der Waals surface area contributed by atoms with Crippen LogP contribution in [-0.4, -0.2) is 17.4 Å². The van der Waals surface area contributed by atoms with Crippen LogP contribution < -0.4 is 16.6 Å². The molecule has 5 nitrogen and oxygen atoms in total. The molecule has 0 aliphatic rings. The fourth-order valence-electron chi connectivity index (χ4n) is 2.53. The molecule has 0 saturated carbocycles. The summed E-state index contributed by atoms with van der Waals surface area (Å²) in [6.45, 7) is 11.4. The number of anilines is 1. The Morgan fingerprint density at radius 1 is 1.24 bits per heavy atom. The fourth-order valence-corrected chi connectivity index (χ4v) is 2.53. The van der Waals surface area contributed by atoms with E-state index in [1.165, 1.54) is 0 Å². The van der Waals surface area contributed by atoms with E-state index in [2.05, 4.69) is 43.4 Å². The first-order chi connectivity index (χ1) is 9.88. The Kier molecular flexibility index (Phi) is 6.62. The Labute approximate surface area is 127 Å². The topological polar surface area (TPSA) is 80.0 Å². The number of carbonyl (C=O) groups is 1.